The van der Waals surface area contributed by atoms with Gasteiger partial charge in [0.25, 0.3) is 0 Å². The van der Waals surface area contributed by atoms with Gasteiger partial charge in [-0.2, -0.15) is 0 Å². The summed E-state index contributed by atoms with van der Waals surface area (Å²) in [6.07, 6.45) is 5.11. The van der Waals surface area contributed by atoms with E-state index in [9.17, 15) is 9.90 Å². The second-order valence-corrected chi connectivity index (χ2v) is 15.0. The lowest BCUT2D eigenvalue weighted by molar-refractivity contribution is -0.117. The smallest absolute Gasteiger partial charge is 0.243 e. The average molecular weight is 390 g/mol. The Morgan fingerprint density at radius 2 is 2.08 bits per heavy atom. The minimum absolute atomic E-state index is 0.191. The van der Waals surface area contributed by atoms with Crippen LogP contribution in [0.3, 0.4) is 0 Å². The molecule has 5 nitrogen and oxygen atoms in total. The molecule has 0 aliphatic heterocycles. The molecule has 0 saturated carbocycles. The molecule has 0 aliphatic carbocycles. The molecule has 0 aromatic rings. The van der Waals surface area contributed by atoms with Gasteiger partial charge in [0.2, 0.25) is 5.91 Å². The molecule has 3 atom stereocenters. The quantitative estimate of drug-likeness (QED) is 0.256. The molecule has 25 heavy (non-hydrogen) atoms. The van der Waals surface area contributed by atoms with E-state index < -0.39 is 23.5 Å². The van der Waals surface area contributed by atoms with Gasteiger partial charge >= 0.3 is 0 Å². The second kappa shape index (κ2) is 13.7. The topological polar surface area (TPSA) is 67.8 Å². The molecule has 7 heteroatoms. The number of carbonyl (C=O) groups is 1. The zero-order valence-corrected chi connectivity index (χ0v) is 19.0. The summed E-state index contributed by atoms with van der Waals surface area (Å²) in [5, 5.41) is 12.3. The summed E-state index contributed by atoms with van der Waals surface area (Å²) >= 11 is 0. The van der Waals surface area contributed by atoms with Gasteiger partial charge in [-0.05, 0) is 50.1 Å². The van der Waals surface area contributed by atoms with Crippen molar-refractivity contribution in [3.8, 4) is 0 Å². The Kier molecular flexibility index (Phi) is 13.4. The zero-order chi connectivity index (χ0) is 19.3. The fourth-order valence-electron chi connectivity index (χ4n) is 2.59. The fraction of sp³-hybridized carbons (Fsp3) is 0.833. The molecule has 0 spiro atoms. The van der Waals surface area contributed by atoms with Crippen molar-refractivity contribution in [3.05, 3.63) is 12.7 Å². The van der Waals surface area contributed by atoms with E-state index in [2.05, 4.69) is 45.4 Å². The second-order valence-electron chi connectivity index (χ2n) is 7.48. The largest absolute Gasteiger partial charge is 0.458 e. The van der Waals surface area contributed by atoms with Crippen LogP contribution in [0.4, 0.5) is 0 Å². The summed E-state index contributed by atoms with van der Waals surface area (Å²) in [6, 6.07) is 1.26. The highest BCUT2D eigenvalue weighted by Crippen LogP contribution is 2.23. The summed E-state index contributed by atoms with van der Waals surface area (Å²) in [7, 11) is -2.65. The lowest BCUT2D eigenvalue weighted by atomic mass is 10.2. The highest BCUT2D eigenvalue weighted by molar-refractivity contribution is 6.78. The maximum Gasteiger partial charge on any atom is 0.243 e. The van der Waals surface area contributed by atoms with E-state index in [4.69, 9.17) is 8.85 Å². The van der Waals surface area contributed by atoms with Gasteiger partial charge in [-0.25, -0.2) is 0 Å². The molecule has 0 saturated heterocycles. The molecule has 0 aliphatic rings. The SMILES string of the molecule is C=CC(=O)NCC(O)COCCCC(C)[SiH](C)O[Si](C)(C)CCCC. The maximum atomic E-state index is 11.0. The molecular weight excluding hydrogens is 350 g/mol. The Morgan fingerprint density at radius 3 is 2.68 bits per heavy atom. The monoisotopic (exact) mass is 389 g/mol. The van der Waals surface area contributed by atoms with Crippen LogP contribution in [-0.2, 0) is 13.6 Å². The highest BCUT2D eigenvalue weighted by atomic mass is 28.4. The number of hydrogen-bond acceptors (Lipinski definition) is 4. The van der Waals surface area contributed by atoms with E-state index in [0.717, 1.165) is 12.8 Å². The minimum Gasteiger partial charge on any atom is -0.458 e. The number of carbonyl (C=O) groups excluding carboxylic acids is 1. The van der Waals surface area contributed by atoms with Crippen molar-refractivity contribution < 1.29 is 18.8 Å². The van der Waals surface area contributed by atoms with E-state index in [1.807, 2.05) is 0 Å². The molecule has 0 bridgehead atoms. The lowest BCUT2D eigenvalue weighted by Crippen LogP contribution is -2.38. The van der Waals surface area contributed by atoms with Crippen molar-refractivity contribution in [1.82, 2.24) is 5.32 Å². The van der Waals surface area contributed by atoms with Crippen molar-refractivity contribution in [2.24, 2.45) is 0 Å². The first-order valence-corrected chi connectivity index (χ1v) is 15.0. The number of hydrogen-bond donors (Lipinski definition) is 2. The van der Waals surface area contributed by atoms with Gasteiger partial charge in [0.05, 0.1) is 12.7 Å². The Labute approximate surface area is 157 Å². The number of rotatable bonds is 15. The fourth-order valence-corrected chi connectivity index (χ4v) is 9.93. The molecular formula is C18H39NO4Si2. The molecule has 2 N–H and O–H groups in total. The number of aliphatic hydroxyl groups is 1. The van der Waals surface area contributed by atoms with E-state index in [1.54, 1.807) is 0 Å². The average Bonchev–Trinajstić information content (AvgIpc) is 2.56. The highest BCUT2D eigenvalue weighted by Gasteiger charge is 2.27. The molecule has 0 aromatic heterocycles. The van der Waals surface area contributed by atoms with Crippen LogP contribution in [0.15, 0.2) is 12.7 Å². The Morgan fingerprint density at radius 1 is 1.40 bits per heavy atom. The van der Waals surface area contributed by atoms with Crippen LogP contribution in [-0.4, -0.2) is 54.2 Å². The third-order valence-corrected chi connectivity index (χ3v) is 11.9. The molecule has 0 heterocycles. The van der Waals surface area contributed by atoms with Crippen LogP contribution >= 0.6 is 0 Å². The molecule has 3 unspecified atom stereocenters. The summed E-state index contributed by atoms with van der Waals surface area (Å²) in [6.45, 7) is 16.0. The van der Waals surface area contributed by atoms with Crippen LogP contribution in [0.25, 0.3) is 0 Å². The minimum atomic E-state index is -1.49. The van der Waals surface area contributed by atoms with Gasteiger partial charge in [-0.3, -0.25) is 4.79 Å². The molecule has 0 fully saturated rings. The Balaban J connectivity index is 3.82. The molecule has 0 radical (unpaired) electrons. The molecule has 148 valence electrons. The molecule has 0 aromatic carbocycles. The van der Waals surface area contributed by atoms with Crippen LogP contribution in [0.1, 0.15) is 39.5 Å². The number of nitrogens with one attached hydrogen (secondary N) is 1. The molecule has 1 amide bonds. The van der Waals surface area contributed by atoms with Gasteiger partial charge in [-0.15, -0.1) is 0 Å². The first-order chi connectivity index (χ1) is 11.7. The Bertz CT molecular complexity index is 380. The van der Waals surface area contributed by atoms with Crippen molar-refractivity contribution in [2.45, 2.75) is 76.9 Å². The van der Waals surface area contributed by atoms with Crippen molar-refractivity contribution in [3.63, 3.8) is 0 Å². The van der Waals surface area contributed by atoms with Crippen LogP contribution in [0, 0.1) is 0 Å². The van der Waals surface area contributed by atoms with E-state index in [1.165, 1.54) is 25.0 Å². The maximum absolute atomic E-state index is 11.0. The third kappa shape index (κ3) is 13.4. The van der Waals surface area contributed by atoms with E-state index in [0.29, 0.717) is 12.1 Å². The standard InChI is InChI=1S/C18H39NO4Si2/c1-7-9-13-25(5,6)23-24(4)16(3)11-10-12-22-15-17(20)14-19-18(21)8-2/h8,16-17,20,24H,2,7,9-15H2,1,3-6H3,(H,19,21). The van der Waals surface area contributed by atoms with Crippen molar-refractivity contribution in [2.75, 3.05) is 19.8 Å². The first-order valence-electron chi connectivity index (χ1n) is 9.55. The van der Waals surface area contributed by atoms with E-state index in [-0.39, 0.29) is 19.1 Å². The number of aliphatic hydroxyl groups excluding tert-OH is 1. The molecule has 0 rings (SSSR count). The first kappa shape index (κ1) is 24.5. The predicted molar refractivity (Wildman–Crippen MR) is 110 cm³/mol. The van der Waals surface area contributed by atoms with Gasteiger partial charge in [0.1, 0.15) is 0 Å². The summed E-state index contributed by atoms with van der Waals surface area (Å²) < 4.78 is 12.0. The van der Waals surface area contributed by atoms with Crippen LogP contribution < -0.4 is 5.32 Å². The van der Waals surface area contributed by atoms with Crippen LogP contribution in [0.5, 0.6) is 0 Å². The van der Waals surface area contributed by atoms with E-state index >= 15 is 0 Å². The van der Waals surface area contributed by atoms with Crippen molar-refractivity contribution >= 4 is 23.3 Å². The number of ether oxygens (including phenoxy) is 1. The normalized spacial score (nSPS) is 15.4. The van der Waals surface area contributed by atoms with Gasteiger partial charge in [0.15, 0.2) is 17.4 Å². The number of unbranched alkanes of at least 4 members (excludes halogenated alkanes) is 1. The van der Waals surface area contributed by atoms with Crippen molar-refractivity contribution in [1.29, 1.82) is 0 Å². The van der Waals surface area contributed by atoms with Gasteiger partial charge < -0.3 is 19.3 Å². The van der Waals surface area contributed by atoms with Gasteiger partial charge in [0, 0.05) is 13.2 Å². The zero-order valence-electron chi connectivity index (χ0n) is 16.8. The van der Waals surface area contributed by atoms with Crippen LogP contribution in [0.2, 0.25) is 31.2 Å². The Hall–Kier alpha value is -0.476. The summed E-state index contributed by atoms with van der Waals surface area (Å²) in [4.78, 5) is 11.0. The third-order valence-electron chi connectivity index (χ3n) is 4.39. The summed E-state index contributed by atoms with van der Waals surface area (Å²) in [5.41, 5.74) is 0.633. The number of amides is 1. The lowest BCUT2D eigenvalue weighted by Gasteiger charge is -2.30. The van der Waals surface area contributed by atoms with Gasteiger partial charge in [-0.1, -0.05) is 33.3 Å². The predicted octanol–water partition coefficient (Wildman–Crippen LogP) is 3.21. The summed E-state index contributed by atoms with van der Waals surface area (Å²) in [5.74, 6) is -0.280.